The molecule has 0 unspecified atom stereocenters. The van der Waals surface area contributed by atoms with Crippen LogP contribution in [0.4, 0.5) is 11.4 Å². The minimum Gasteiger partial charge on any atom is -0.316 e. The Balaban J connectivity index is 2.40. The van der Waals surface area contributed by atoms with Crippen molar-refractivity contribution in [1.29, 1.82) is 0 Å². The summed E-state index contributed by atoms with van der Waals surface area (Å²) in [5.74, 6) is -0.542. The molecule has 0 bridgehead atoms. The minimum atomic E-state index is -0.542. The van der Waals surface area contributed by atoms with Gasteiger partial charge in [0.15, 0.2) is 0 Å². The van der Waals surface area contributed by atoms with E-state index in [1.54, 1.807) is 13.0 Å². The molecular weight excluding hydrogens is 294 g/mol. The van der Waals surface area contributed by atoms with Crippen molar-refractivity contribution in [2.75, 3.05) is 5.32 Å². The monoisotopic (exact) mass is 305 g/mol. The van der Waals surface area contributed by atoms with E-state index in [0.717, 1.165) is 11.1 Å². The van der Waals surface area contributed by atoms with E-state index in [-0.39, 0.29) is 22.0 Å². The molecule has 2 rings (SSSR count). The maximum absolute atomic E-state index is 12.1. The number of aromatic nitrogens is 1. The van der Waals surface area contributed by atoms with Gasteiger partial charge in [0.1, 0.15) is 5.69 Å². The van der Waals surface area contributed by atoms with E-state index in [1.807, 2.05) is 6.92 Å². The van der Waals surface area contributed by atoms with Crippen LogP contribution < -0.4 is 5.32 Å². The first-order valence-electron chi connectivity index (χ1n) is 6.06. The van der Waals surface area contributed by atoms with E-state index >= 15 is 0 Å². The summed E-state index contributed by atoms with van der Waals surface area (Å²) in [4.78, 5) is 26.5. The first kappa shape index (κ1) is 14.9. The number of pyridine rings is 1. The fraction of sp³-hybridized carbons (Fsp3) is 0.143. The number of carbonyl (C=O) groups excluding carboxylic acids is 1. The number of hydrogen-bond acceptors (Lipinski definition) is 4. The molecule has 1 heterocycles. The zero-order chi connectivity index (χ0) is 15.6. The Hall–Kier alpha value is -2.47. The van der Waals surface area contributed by atoms with Crippen LogP contribution in [0.2, 0.25) is 5.02 Å². The summed E-state index contributed by atoms with van der Waals surface area (Å²) in [6.07, 6.45) is 2.77. The van der Waals surface area contributed by atoms with Crippen LogP contribution >= 0.6 is 11.6 Å². The molecule has 21 heavy (non-hydrogen) atoms. The Kier molecular flexibility index (Phi) is 4.18. The van der Waals surface area contributed by atoms with E-state index in [2.05, 4.69) is 10.3 Å². The van der Waals surface area contributed by atoms with E-state index in [1.165, 1.54) is 24.5 Å². The van der Waals surface area contributed by atoms with Crippen molar-refractivity contribution in [2.24, 2.45) is 0 Å². The SMILES string of the molecule is Cc1cc(NC(=O)c2cnccc2Cl)c([N+](=O)[O-])cc1C. The first-order valence-corrected chi connectivity index (χ1v) is 6.44. The van der Waals surface area contributed by atoms with E-state index < -0.39 is 10.8 Å². The van der Waals surface area contributed by atoms with Crippen LogP contribution in [-0.4, -0.2) is 15.8 Å². The summed E-state index contributed by atoms with van der Waals surface area (Å²) in [6, 6.07) is 4.47. The fourth-order valence-corrected chi connectivity index (χ4v) is 1.98. The van der Waals surface area contributed by atoms with Gasteiger partial charge in [-0.3, -0.25) is 19.9 Å². The Morgan fingerprint density at radius 3 is 2.62 bits per heavy atom. The molecule has 0 spiro atoms. The Morgan fingerprint density at radius 1 is 1.33 bits per heavy atom. The molecule has 0 fully saturated rings. The van der Waals surface area contributed by atoms with Gasteiger partial charge in [0.25, 0.3) is 11.6 Å². The van der Waals surface area contributed by atoms with Crippen molar-refractivity contribution in [3.63, 3.8) is 0 Å². The van der Waals surface area contributed by atoms with Crippen LogP contribution in [0, 0.1) is 24.0 Å². The molecule has 1 aromatic heterocycles. The highest BCUT2D eigenvalue weighted by molar-refractivity contribution is 6.34. The van der Waals surface area contributed by atoms with Gasteiger partial charge in [-0.2, -0.15) is 0 Å². The highest BCUT2D eigenvalue weighted by Gasteiger charge is 2.19. The van der Waals surface area contributed by atoms with E-state index in [0.29, 0.717) is 0 Å². The Labute approximate surface area is 125 Å². The van der Waals surface area contributed by atoms with Crippen molar-refractivity contribution in [2.45, 2.75) is 13.8 Å². The normalized spacial score (nSPS) is 10.2. The minimum absolute atomic E-state index is 0.132. The predicted octanol–water partition coefficient (Wildman–Crippen LogP) is 3.51. The summed E-state index contributed by atoms with van der Waals surface area (Å²) >= 11 is 5.91. The number of aryl methyl sites for hydroxylation is 2. The third-order valence-electron chi connectivity index (χ3n) is 3.07. The number of rotatable bonds is 3. The second-order valence-corrected chi connectivity index (χ2v) is 4.93. The lowest BCUT2D eigenvalue weighted by molar-refractivity contribution is -0.384. The summed E-state index contributed by atoms with van der Waals surface area (Å²) in [5.41, 5.74) is 1.75. The van der Waals surface area contributed by atoms with Gasteiger partial charge in [-0.05, 0) is 37.1 Å². The zero-order valence-corrected chi connectivity index (χ0v) is 12.1. The summed E-state index contributed by atoms with van der Waals surface area (Å²) < 4.78 is 0. The van der Waals surface area contributed by atoms with Crippen molar-refractivity contribution in [3.05, 3.63) is 62.4 Å². The number of carbonyl (C=O) groups is 1. The number of nitro benzene ring substituents is 1. The molecule has 1 amide bonds. The average molecular weight is 306 g/mol. The average Bonchev–Trinajstić information content (AvgIpc) is 2.42. The standard InChI is InChI=1S/C14H12ClN3O3/c1-8-5-12(13(18(20)21)6-9(8)2)17-14(19)10-7-16-4-3-11(10)15/h3-7H,1-2H3,(H,17,19). The molecule has 0 aliphatic heterocycles. The molecule has 0 saturated carbocycles. The highest BCUT2D eigenvalue weighted by Crippen LogP contribution is 2.28. The molecule has 0 aliphatic carbocycles. The lowest BCUT2D eigenvalue weighted by Crippen LogP contribution is -2.14. The lowest BCUT2D eigenvalue weighted by atomic mass is 10.1. The largest absolute Gasteiger partial charge is 0.316 e. The van der Waals surface area contributed by atoms with Gasteiger partial charge in [0, 0.05) is 18.5 Å². The topological polar surface area (TPSA) is 85.1 Å². The molecule has 2 aromatic rings. The Bertz CT molecular complexity index is 731. The second kappa shape index (κ2) is 5.88. The quantitative estimate of drug-likeness (QED) is 0.694. The molecule has 0 aliphatic rings. The first-order chi connectivity index (χ1) is 9.90. The van der Waals surface area contributed by atoms with Crippen LogP contribution in [0.5, 0.6) is 0 Å². The van der Waals surface area contributed by atoms with Gasteiger partial charge in [-0.15, -0.1) is 0 Å². The van der Waals surface area contributed by atoms with Gasteiger partial charge in [0.05, 0.1) is 15.5 Å². The molecule has 108 valence electrons. The number of nitrogens with one attached hydrogen (secondary N) is 1. The molecule has 1 aromatic carbocycles. The molecule has 7 heteroatoms. The van der Waals surface area contributed by atoms with Crippen molar-refractivity contribution < 1.29 is 9.72 Å². The number of nitro groups is 1. The second-order valence-electron chi connectivity index (χ2n) is 4.52. The van der Waals surface area contributed by atoms with Crippen LogP contribution in [0.1, 0.15) is 21.5 Å². The molecular formula is C14H12ClN3O3. The van der Waals surface area contributed by atoms with Gasteiger partial charge < -0.3 is 5.32 Å². The zero-order valence-electron chi connectivity index (χ0n) is 11.4. The number of halogens is 1. The fourth-order valence-electron chi connectivity index (χ4n) is 1.79. The van der Waals surface area contributed by atoms with Gasteiger partial charge >= 0.3 is 0 Å². The van der Waals surface area contributed by atoms with E-state index in [4.69, 9.17) is 11.6 Å². The van der Waals surface area contributed by atoms with Crippen LogP contribution in [0.25, 0.3) is 0 Å². The van der Waals surface area contributed by atoms with Crippen LogP contribution in [-0.2, 0) is 0 Å². The molecule has 0 radical (unpaired) electrons. The molecule has 0 atom stereocenters. The number of benzene rings is 1. The smallest absolute Gasteiger partial charge is 0.293 e. The predicted molar refractivity (Wildman–Crippen MR) is 79.8 cm³/mol. The van der Waals surface area contributed by atoms with Gasteiger partial charge in [0.2, 0.25) is 0 Å². The lowest BCUT2D eigenvalue weighted by Gasteiger charge is -2.09. The van der Waals surface area contributed by atoms with Gasteiger partial charge in [-0.1, -0.05) is 11.6 Å². The highest BCUT2D eigenvalue weighted by atomic mass is 35.5. The molecule has 0 saturated heterocycles. The van der Waals surface area contributed by atoms with Crippen molar-refractivity contribution in [3.8, 4) is 0 Å². The van der Waals surface area contributed by atoms with Crippen LogP contribution in [0.15, 0.2) is 30.6 Å². The number of amides is 1. The van der Waals surface area contributed by atoms with Crippen molar-refractivity contribution in [1.82, 2.24) is 4.98 Å². The van der Waals surface area contributed by atoms with E-state index in [9.17, 15) is 14.9 Å². The van der Waals surface area contributed by atoms with Crippen LogP contribution in [0.3, 0.4) is 0 Å². The number of anilines is 1. The third-order valence-corrected chi connectivity index (χ3v) is 3.40. The maximum Gasteiger partial charge on any atom is 0.293 e. The molecule has 1 N–H and O–H groups in total. The number of nitrogens with zero attached hydrogens (tertiary/aromatic N) is 2. The summed E-state index contributed by atoms with van der Waals surface area (Å²) in [6.45, 7) is 3.58. The number of hydrogen-bond donors (Lipinski definition) is 1. The Morgan fingerprint density at radius 2 is 2.00 bits per heavy atom. The summed E-state index contributed by atoms with van der Waals surface area (Å²) in [5, 5.41) is 13.8. The molecule has 6 nitrogen and oxygen atoms in total. The third kappa shape index (κ3) is 3.17. The maximum atomic E-state index is 12.1. The van der Waals surface area contributed by atoms with Gasteiger partial charge in [-0.25, -0.2) is 0 Å². The van der Waals surface area contributed by atoms with Crippen molar-refractivity contribution >= 4 is 28.9 Å². The summed E-state index contributed by atoms with van der Waals surface area (Å²) in [7, 11) is 0.